The molecule has 1 fully saturated rings. The van der Waals surface area contributed by atoms with E-state index in [1.54, 1.807) is 6.07 Å². The highest BCUT2D eigenvalue weighted by Crippen LogP contribution is 2.29. The number of nitrogens with zero attached hydrogens (tertiary/aromatic N) is 4. The molecule has 2 aromatic rings. The lowest BCUT2D eigenvalue weighted by molar-refractivity contribution is 0.111. The van der Waals surface area contributed by atoms with E-state index in [1.165, 1.54) is 17.2 Å². The smallest absolute Gasteiger partial charge is 0.328 e. The number of carbonyl (C=O) groups is 2. The van der Waals surface area contributed by atoms with E-state index in [-0.39, 0.29) is 29.8 Å². The van der Waals surface area contributed by atoms with Gasteiger partial charge in [-0.05, 0) is 24.5 Å². The van der Waals surface area contributed by atoms with Crippen molar-refractivity contribution in [2.24, 2.45) is 0 Å². The maximum atomic E-state index is 13.0. The molecule has 0 bridgehead atoms. The lowest BCUT2D eigenvalue weighted by Crippen LogP contribution is -2.39. The molecule has 2 aliphatic heterocycles. The van der Waals surface area contributed by atoms with E-state index >= 15 is 0 Å². The van der Waals surface area contributed by atoms with Gasteiger partial charge in [0.05, 0.1) is 26.0 Å². The number of anilines is 2. The summed E-state index contributed by atoms with van der Waals surface area (Å²) in [5, 5.41) is 21.5. The Balaban J connectivity index is 1.56. The molecule has 2 N–H and O–H groups in total. The number of amides is 2. The van der Waals surface area contributed by atoms with E-state index in [1.807, 2.05) is 6.07 Å². The first kappa shape index (κ1) is 20.7. The molecule has 1 unspecified atom stereocenters. The van der Waals surface area contributed by atoms with Crippen molar-refractivity contribution in [2.75, 3.05) is 30.0 Å². The Morgan fingerprint density at radius 1 is 1.48 bits per heavy atom. The minimum Gasteiger partial charge on any atom is -0.486 e. The molecular formula is C21H21N5O5. The number of aromatic nitrogens is 2. The van der Waals surface area contributed by atoms with Crippen molar-refractivity contribution in [3.05, 3.63) is 40.7 Å². The number of aryl methyl sites for hydroxylation is 1. The number of aliphatic hydroxyl groups excluding tert-OH is 1. The maximum Gasteiger partial charge on any atom is 0.328 e. The van der Waals surface area contributed by atoms with Crippen molar-refractivity contribution < 1.29 is 24.2 Å². The van der Waals surface area contributed by atoms with Gasteiger partial charge in [0.1, 0.15) is 40.8 Å². The zero-order chi connectivity index (χ0) is 21.8. The van der Waals surface area contributed by atoms with Gasteiger partial charge in [0.25, 0.3) is 0 Å². The van der Waals surface area contributed by atoms with Crippen molar-refractivity contribution in [2.45, 2.75) is 32.0 Å². The number of hydrogen-bond donors (Lipinski definition) is 2. The largest absolute Gasteiger partial charge is 0.486 e. The first-order valence-electron chi connectivity index (χ1n) is 9.94. The molecular weight excluding hydrogens is 402 g/mol. The minimum absolute atomic E-state index is 0.104. The van der Waals surface area contributed by atoms with E-state index in [4.69, 9.17) is 9.47 Å². The second-order valence-electron chi connectivity index (χ2n) is 7.26. The Morgan fingerprint density at radius 3 is 3.06 bits per heavy atom. The Hall–Kier alpha value is -3.55. The van der Waals surface area contributed by atoms with E-state index in [0.717, 1.165) is 12.0 Å². The quantitative estimate of drug-likeness (QED) is 0.695. The summed E-state index contributed by atoms with van der Waals surface area (Å²) in [6, 6.07) is 4.79. The predicted octanol–water partition coefficient (Wildman–Crippen LogP) is 1.81. The highest BCUT2D eigenvalue weighted by molar-refractivity contribution is 6.01. The molecule has 0 saturated carbocycles. The van der Waals surface area contributed by atoms with Gasteiger partial charge in [-0.1, -0.05) is 0 Å². The highest BCUT2D eigenvalue weighted by atomic mass is 16.5. The second-order valence-corrected chi connectivity index (χ2v) is 7.26. The number of fused-ring (bicyclic) bond motifs is 1. The number of nitrogens with one attached hydrogen (secondary N) is 1. The van der Waals surface area contributed by atoms with Gasteiger partial charge in [-0.3, -0.25) is 15.0 Å². The van der Waals surface area contributed by atoms with Crippen LogP contribution in [0.15, 0.2) is 18.3 Å². The fraction of sp³-hybridized carbons (Fsp3) is 0.381. The predicted molar refractivity (Wildman–Crippen MR) is 109 cm³/mol. The molecule has 31 heavy (non-hydrogen) atoms. The van der Waals surface area contributed by atoms with Crippen molar-refractivity contribution in [1.29, 1.82) is 5.26 Å². The van der Waals surface area contributed by atoms with Gasteiger partial charge in [0.15, 0.2) is 6.29 Å². The minimum atomic E-state index is -0.464. The van der Waals surface area contributed by atoms with Crippen LogP contribution in [-0.4, -0.2) is 53.3 Å². The third-order valence-corrected chi connectivity index (χ3v) is 5.20. The molecule has 1 saturated heterocycles. The Bertz CT molecular complexity index is 1050. The average molecular weight is 423 g/mol. The first-order valence-corrected chi connectivity index (χ1v) is 9.94. The maximum absolute atomic E-state index is 13.0. The topological polar surface area (TPSA) is 138 Å². The van der Waals surface area contributed by atoms with Gasteiger partial charge in [-0.15, -0.1) is 0 Å². The molecule has 2 amide bonds. The standard InChI is InChI=1S/C21H21N5O5/c22-8-15-9-23-19(7-18(15)31-16-3-5-30-12-16)25-21(29)26-4-1-2-13-6-14(10-27)17(11-28)24-20(13)26/h6-7,9,11,16,27H,1-5,10,12H2,(H,23,25,29). The number of aliphatic hydroxyl groups is 1. The van der Waals surface area contributed by atoms with Gasteiger partial charge in [-0.25, -0.2) is 14.8 Å². The molecule has 10 nitrogen and oxygen atoms in total. The molecule has 10 heteroatoms. The first-order chi connectivity index (χ1) is 15.1. The number of carbonyl (C=O) groups excluding carboxylic acids is 2. The number of aldehydes is 1. The van der Waals surface area contributed by atoms with Gasteiger partial charge in [0.2, 0.25) is 0 Å². The molecule has 0 radical (unpaired) electrons. The molecule has 1 atom stereocenters. The molecule has 2 aromatic heterocycles. The van der Waals surface area contributed by atoms with Crippen LogP contribution in [0.25, 0.3) is 0 Å². The van der Waals surface area contributed by atoms with Gasteiger partial charge in [-0.2, -0.15) is 5.26 Å². The monoisotopic (exact) mass is 423 g/mol. The fourth-order valence-corrected chi connectivity index (χ4v) is 3.63. The van der Waals surface area contributed by atoms with Crippen molar-refractivity contribution in [1.82, 2.24) is 9.97 Å². The number of urea groups is 1. The number of ether oxygens (including phenoxy) is 2. The van der Waals surface area contributed by atoms with Crippen LogP contribution in [0, 0.1) is 11.3 Å². The van der Waals surface area contributed by atoms with E-state index in [2.05, 4.69) is 15.3 Å². The summed E-state index contributed by atoms with van der Waals surface area (Å²) in [6.07, 6.45) is 3.88. The SMILES string of the molecule is N#Cc1cnc(NC(=O)N2CCCc3cc(CO)c(C=O)nc32)cc1OC1CCOC1. The number of nitriles is 1. The Labute approximate surface area is 178 Å². The lowest BCUT2D eigenvalue weighted by Gasteiger charge is -2.29. The molecule has 160 valence electrons. The van der Waals surface area contributed by atoms with E-state index in [0.29, 0.717) is 56.0 Å². The molecule has 4 heterocycles. The average Bonchev–Trinajstić information content (AvgIpc) is 3.31. The highest BCUT2D eigenvalue weighted by Gasteiger charge is 2.26. The molecule has 2 aliphatic rings. The van der Waals surface area contributed by atoms with E-state index < -0.39 is 6.03 Å². The third kappa shape index (κ3) is 4.33. The van der Waals surface area contributed by atoms with Crippen molar-refractivity contribution in [3.63, 3.8) is 0 Å². The molecule has 0 aromatic carbocycles. The summed E-state index contributed by atoms with van der Waals surface area (Å²) in [4.78, 5) is 34.2. The van der Waals surface area contributed by atoms with Gasteiger partial charge >= 0.3 is 6.03 Å². The van der Waals surface area contributed by atoms with Crippen LogP contribution < -0.4 is 15.0 Å². The van der Waals surface area contributed by atoms with Crippen LogP contribution in [0.3, 0.4) is 0 Å². The zero-order valence-corrected chi connectivity index (χ0v) is 16.7. The van der Waals surface area contributed by atoms with Gasteiger partial charge in [0, 0.05) is 24.6 Å². The zero-order valence-electron chi connectivity index (χ0n) is 16.7. The van der Waals surface area contributed by atoms with Gasteiger partial charge < -0.3 is 14.6 Å². The summed E-state index contributed by atoms with van der Waals surface area (Å²) in [5.41, 5.74) is 1.59. The summed E-state index contributed by atoms with van der Waals surface area (Å²) in [7, 11) is 0. The summed E-state index contributed by atoms with van der Waals surface area (Å²) < 4.78 is 11.1. The van der Waals surface area contributed by atoms with E-state index in [9.17, 15) is 20.0 Å². The second kappa shape index (κ2) is 9.07. The van der Waals surface area contributed by atoms with Crippen LogP contribution in [0.4, 0.5) is 16.4 Å². The number of rotatable bonds is 5. The number of hydrogen-bond acceptors (Lipinski definition) is 8. The molecule has 4 rings (SSSR count). The number of pyridine rings is 2. The van der Waals surface area contributed by atoms with Crippen LogP contribution in [0.1, 0.15) is 40.0 Å². The van der Waals surface area contributed by atoms with Crippen molar-refractivity contribution >= 4 is 24.0 Å². The third-order valence-electron chi connectivity index (χ3n) is 5.20. The summed E-state index contributed by atoms with van der Waals surface area (Å²) in [6.45, 7) is 1.16. The fourth-order valence-electron chi connectivity index (χ4n) is 3.63. The molecule has 0 aliphatic carbocycles. The van der Waals surface area contributed by atoms with Crippen LogP contribution in [-0.2, 0) is 17.8 Å². The summed E-state index contributed by atoms with van der Waals surface area (Å²) in [5.74, 6) is 0.945. The molecule has 0 spiro atoms. The normalized spacial score (nSPS) is 17.5. The van der Waals surface area contributed by atoms with Crippen LogP contribution in [0.2, 0.25) is 0 Å². The Kier molecular flexibility index (Phi) is 6.06. The summed E-state index contributed by atoms with van der Waals surface area (Å²) >= 11 is 0. The van der Waals surface area contributed by atoms with Crippen LogP contribution in [0.5, 0.6) is 5.75 Å². The lowest BCUT2D eigenvalue weighted by atomic mass is 10.0. The van der Waals surface area contributed by atoms with Crippen LogP contribution >= 0.6 is 0 Å². The van der Waals surface area contributed by atoms with Crippen molar-refractivity contribution in [3.8, 4) is 11.8 Å². The Morgan fingerprint density at radius 2 is 2.35 bits per heavy atom.